The lowest BCUT2D eigenvalue weighted by Gasteiger charge is -2.08. The zero-order valence-corrected chi connectivity index (χ0v) is 12.0. The van der Waals surface area contributed by atoms with Gasteiger partial charge in [-0.3, -0.25) is 0 Å². The number of carbonyl (C=O) groups is 2. The van der Waals surface area contributed by atoms with Crippen molar-refractivity contribution in [2.45, 2.75) is 10.8 Å². The molecule has 0 radical (unpaired) electrons. The van der Waals surface area contributed by atoms with Crippen LogP contribution in [0.4, 0.5) is 0 Å². The first-order valence-electron chi connectivity index (χ1n) is 5.34. The molecule has 1 atom stereocenters. The van der Waals surface area contributed by atoms with Crippen molar-refractivity contribution in [2.24, 2.45) is 0 Å². The van der Waals surface area contributed by atoms with Crippen LogP contribution in [0.25, 0.3) is 0 Å². The summed E-state index contributed by atoms with van der Waals surface area (Å²) in [5.41, 5.74) is 0.732. The fourth-order valence-electron chi connectivity index (χ4n) is 1.11. The second-order valence-corrected chi connectivity index (χ2v) is 5.22. The fourth-order valence-corrected chi connectivity index (χ4v) is 2.52. The topological polar surface area (TPSA) is 139 Å². The van der Waals surface area contributed by atoms with Crippen molar-refractivity contribution >= 4 is 34.7 Å². The molecule has 0 amide bonds. The largest absolute Gasteiger partial charge is 0.610 e. The van der Waals surface area contributed by atoms with E-state index in [1.807, 2.05) is 0 Å². The van der Waals surface area contributed by atoms with Crippen molar-refractivity contribution in [2.75, 3.05) is 0 Å². The van der Waals surface area contributed by atoms with E-state index in [2.05, 4.69) is 15.0 Å². The summed E-state index contributed by atoms with van der Waals surface area (Å²) in [6.07, 6.45) is 4.82. The minimum Gasteiger partial charge on any atom is -0.610 e. The first-order chi connectivity index (χ1) is 9.91. The molecule has 0 spiro atoms. The Labute approximate surface area is 127 Å². The average molecular weight is 332 g/mol. The lowest BCUT2D eigenvalue weighted by molar-refractivity contribution is -0.159. The molecule has 8 nitrogen and oxygen atoms in total. The third kappa shape index (κ3) is 5.81. The number of halogens is 1. The van der Waals surface area contributed by atoms with Crippen LogP contribution in [0.5, 0.6) is 0 Å². The van der Waals surface area contributed by atoms with Gasteiger partial charge >= 0.3 is 11.9 Å². The molecule has 0 fully saturated rings. The number of carboxylic acids is 2. The number of pyridine rings is 1. The van der Waals surface area contributed by atoms with Crippen LogP contribution >= 0.6 is 11.6 Å². The molecule has 2 aromatic rings. The zero-order chi connectivity index (χ0) is 15.8. The normalized spacial score (nSPS) is 11.1. The third-order valence-electron chi connectivity index (χ3n) is 1.96. The maximum atomic E-state index is 11.8. The maximum absolute atomic E-state index is 11.8. The molecule has 112 valence electrons. The molecule has 0 saturated carbocycles. The number of carboxylic acid groups (broad SMARTS) is 2. The van der Waals surface area contributed by atoms with Crippen LogP contribution < -0.4 is 0 Å². The van der Waals surface area contributed by atoms with Crippen LogP contribution in [-0.2, 0) is 26.5 Å². The van der Waals surface area contributed by atoms with Gasteiger partial charge in [0.15, 0.2) is 5.75 Å². The van der Waals surface area contributed by atoms with Crippen molar-refractivity contribution in [3.05, 3.63) is 41.6 Å². The Morgan fingerprint density at radius 2 is 2.00 bits per heavy atom. The first-order valence-corrected chi connectivity index (χ1v) is 7.04. The van der Waals surface area contributed by atoms with E-state index in [0.29, 0.717) is 15.8 Å². The molecule has 3 N–H and O–H groups in total. The number of nitrogens with zero attached hydrogens (tertiary/aromatic N) is 2. The van der Waals surface area contributed by atoms with Crippen LogP contribution in [0.3, 0.4) is 0 Å². The number of aliphatic carboxylic acids is 2. The second-order valence-electron chi connectivity index (χ2n) is 3.45. The Hall–Kier alpha value is -2.10. The van der Waals surface area contributed by atoms with E-state index in [-0.39, 0.29) is 0 Å². The van der Waals surface area contributed by atoms with E-state index in [4.69, 9.17) is 31.4 Å². The van der Waals surface area contributed by atoms with Gasteiger partial charge in [-0.1, -0.05) is 11.6 Å². The first kappa shape index (κ1) is 17.0. The molecular formula is C11H10ClN3O5S. The summed E-state index contributed by atoms with van der Waals surface area (Å²) in [4.78, 5) is 29.0. The predicted octanol–water partition coefficient (Wildman–Crippen LogP) is 0.921. The highest BCUT2D eigenvalue weighted by molar-refractivity contribution is 7.90. The maximum Gasteiger partial charge on any atom is 0.414 e. The molecule has 2 heterocycles. The van der Waals surface area contributed by atoms with Crippen LogP contribution in [0.1, 0.15) is 5.69 Å². The molecule has 1 unspecified atom stereocenters. The number of imidazole rings is 1. The molecule has 0 aliphatic rings. The van der Waals surface area contributed by atoms with Gasteiger partial charge in [0.25, 0.3) is 5.03 Å². The van der Waals surface area contributed by atoms with Crippen LogP contribution in [0.15, 0.2) is 35.9 Å². The van der Waals surface area contributed by atoms with Crippen molar-refractivity contribution < 1.29 is 24.4 Å². The van der Waals surface area contributed by atoms with Gasteiger partial charge in [0.1, 0.15) is 10.7 Å². The van der Waals surface area contributed by atoms with Crippen molar-refractivity contribution in [3.63, 3.8) is 0 Å². The number of nitrogens with one attached hydrogen (secondary N) is 1. The SMILES string of the molecule is O=C(O)C(=O)O.[O-][S+](Cc1c[nH]cn1)c1ncccc1Cl. The Kier molecular flexibility index (Phi) is 6.66. The van der Waals surface area contributed by atoms with E-state index in [0.717, 1.165) is 5.69 Å². The molecular weight excluding hydrogens is 322 g/mol. The lowest BCUT2D eigenvalue weighted by Crippen LogP contribution is -2.09. The van der Waals surface area contributed by atoms with Gasteiger partial charge in [-0.15, -0.1) is 0 Å². The van der Waals surface area contributed by atoms with E-state index in [9.17, 15) is 4.55 Å². The van der Waals surface area contributed by atoms with E-state index < -0.39 is 23.1 Å². The Balaban J connectivity index is 0.000000315. The molecule has 10 heteroatoms. The highest BCUT2D eigenvalue weighted by Crippen LogP contribution is 2.21. The summed E-state index contributed by atoms with van der Waals surface area (Å²) in [6.45, 7) is 0. The summed E-state index contributed by atoms with van der Waals surface area (Å²) in [6, 6.07) is 3.38. The smallest absolute Gasteiger partial charge is 0.414 e. The second kappa shape index (κ2) is 8.25. The lowest BCUT2D eigenvalue weighted by atomic mass is 10.5. The Bertz CT molecular complexity index is 596. The molecule has 0 bridgehead atoms. The summed E-state index contributed by atoms with van der Waals surface area (Å²) in [5, 5.41) is 15.6. The quantitative estimate of drug-likeness (QED) is 0.561. The molecule has 0 aliphatic carbocycles. The third-order valence-corrected chi connectivity index (χ3v) is 3.69. The molecule has 2 rings (SSSR count). The highest BCUT2D eigenvalue weighted by Gasteiger charge is 2.17. The van der Waals surface area contributed by atoms with Crippen LogP contribution in [-0.4, -0.2) is 41.7 Å². The number of rotatable bonds is 3. The number of aromatic nitrogens is 3. The van der Waals surface area contributed by atoms with Gasteiger partial charge in [-0.05, 0) is 12.1 Å². The minimum atomic E-state index is -1.82. The van der Waals surface area contributed by atoms with Crippen molar-refractivity contribution in [1.29, 1.82) is 0 Å². The van der Waals surface area contributed by atoms with Crippen molar-refractivity contribution in [3.8, 4) is 0 Å². The predicted molar refractivity (Wildman–Crippen MR) is 73.2 cm³/mol. The molecule has 0 aromatic carbocycles. The molecule has 21 heavy (non-hydrogen) atoms. The Morgan fingerprint density at radius 3 is 2.48 bits per heavy atom. The van der Waals surface area contributed by atoms with Crippen molar-refractivity contribution in [1.82, 2.24) is 15.0 Å². The number of hydrogen-bond acceptors (Lipinski definition) is 5. The summed E-state index contributed by atoms with van der Waals surface area (Å²) >= 11 is 4.63. The number of aromatic amines is 1. The highest BCUT2D eigenvalue weighted by atomic mass is 35.5. The van der Waals surface area contributed by atoms with E-state index in [1.165, 1.54) is 0 Å². The number of H-pyrrole nitrogens is 1. The van der Waals surface area contributed by atoms with E-state index in [1.54, 1.807) is 30.9 Å². The molecule has 2 aromatic heterocycles. The summed E-state index contributed by atoms with van der Waals surface area (Å²) < 4.78 is 11.8. The van der Waals surface area contributed by atoms with Crippen LogP contribution in [0, 0.1) is 0 Å². The van der Waals surface area contributed by atoms with Gasteiger partial charge in [-0.25, -0.2) is 19.6 Å². The minimum absolute atomic E-state index is 0.320. The van der Waals surface area contributed by atoms with Gasteiger partial charge in [-0.2, -0.15) is 0 Å². The average Bonchev–Trinajstić information content (AvgIpc) is 2.92. The Morgan fingerprint density at radius 1 is 1.33 bits per heavy atom. The van der Waals surface area contributed by atoms with Gasteiger partial charge in [0.05, 0.1) is 6.33 Å². The van der Waals surface area contributed by atoms with Crippen LogP contribution in [0.2, 0.25) is 5.02 Å². The number of hydrogen-bond donors (Lipinski definition) is 3. The molecule has 0 saturated heterocycles. The zero-order valence-electron chi connectivity index (χ0n) is 10.4. The van der Waals surface area contributed by atoms with E-state index >= 15 is 0 Å². The standard InChI is InChI=1S/C9H8ClN3OS.C2H2O4/c10-8-2-1-3-12-9(8)15(14)5-7-4-11-6-13-7;3-1(4)2(5)6/h1-4,6H,5H2,(H,11,13);(H,3,4)(H,5,6). The van der Waals surface area contributed by atoms with Gasteiger partial charge in [0, 0.05) is 23.6 Å². The summed E-state index contributed by atoms with van der Waals surface area (Å²) in [5.74, 6) is -3.33. The fraction of sp³-hybridized carbons (Fsp3) is 0.0909. The van der Waals surface area contributed by atoms with Gasteiger partial charge in [0.2, 0.25) is 0 Å². The van der Waals surface area contributed by atoms with Gasteiger partial charge < -0.3 is 19.7 Å². The molecule has 0 aliphatic heterocycles. The summed E-state index contributed by atoms with van der Waals surface area (Å²) in [7, 11) is 0. The monoisotopic (exact) mass is 331 g/mol.